The van der Waals surface area contributed by atoms with Gasteiger partial charge in [-0.3, -0.25) is 9.59 Å². The van der Waals surface area contributed by atoms with Crippen molar-refractivity contribution in [1.82, 2.24) is 10.3 Å². The molecule has 7 heteroatoms. The van der Waals surface area contributed by atoms with E-state index in [0.29, 0.717) is 28.6 Å². The van der Waals surface area contributed by atoms with Crippen LogP contribution in [0, 0.1) is 0 Å². The fourth-order valence-corrected chi connectivity index (χ4v) is 2.75. The average Bonchev–Trinajstić information content (AvgIpc) is 2.53. The monoisotopic (exact) mass is 349 g/mol. The highest BCUT2D eigenvalue weighted by Gasteiger charge is 2.11. The van der Waals surface area contributed by atoms with Gasteiger partial charge in [-0.2, -0.15) is 0 Å². The number of benzene rings is 1. The number of nitrogens with zero attached hydrogens (tertiary/aromatic N) is 1. The third kappa shape index (κ3) is 5.58. The van der Waals surface area contributed by atoms with E-state index in [1.54, 1.807) is 36.2 Å². The van der Waals surface area contributed by atoms with Crippen LogP contribution < -0.4 is 10.6 Å². The molecular weight excluding hydrogens is 334 g/mol. The number of hydrogen-bond donors (Lipinski definition) is 2. The van der Waals surface area contributed by atoms with Gasteiger partial charge in [-0.1, -0.05) is 17.7 Å². The molecule has 0 saturated heterocycles. The second-order valence-electron chi connectivity index (χ2n) is 4.65. The molecule has 2 N–H and O–H groups in total. The smallest absolute Gasteiger partial charge is 0.252 e. The Labute approximate surface area is 143 Å². The zero-order chi connectivity index (χ0) is 16.7. The first kappa shape index (κ1) is 17.3. The molecule has 0 unspecified atom stereocenters. The number of thioether (sulfide) groups is 1. The maximum Gasteiger partial charge on any atom is 0.252 e. The van der Waals surface area contributed by atoms with Crippen molar-refractivity contribution in [3.05, 3.63) is 53.2 Å². The number of pyridine rings is 1. The first-order valence-corrected chi connectivity index (χ1v) is 8.32. The summed E-state index contributed by atoms with van der Waals surface area (Å²) in [5.41, 5.74) is 0.871. The summed E-state index contributed by atoms with van der Waals surface area (Å²) in [6.45, 7) is 1.89. The van der Waals surface area contributed by atoms with Gasteiger partial charge in [0.15, 0.2) is 0 Å². The minimum atomic E-state index is -0.274. The van der Waals surface area contributed by atoms with Crippen molar-refractivity contribution in [3.63, 3.8) is 0 Å². The summed E-state index contributed by atoms with van der Waals surface area (Å²) in [4.78, 5) is 27.4. The summed E-state index contributed by atoms with van der Waals surface area (Å²) in [6.07, 6.45) is 1.73. The molecule has 2 aromatic rings. The van der Waals surface area contributed by atoms with E-state index in [9.17, 15) is 9.59 Å². The molecule has 0 bridgehead atoms. The van der Waals surface area contributed by atoms with Crippen LogP contribution in [0.1, 0.15) is 17.3 Å². The van der Waals surface area contributed by atoms with E-state index >= 15 is 0 Å². The SMILES string of the molecule is CC(=O)Nc1ccc(Cl)c(C(=O)NCCSc2ccccn2)c1. The molecule has 0 aliphatic carbocycles. The summed E-state index contributed by atoms with van der Waals surface area (Å²) >= 11 is 7.61. The van der Waals surface area contributed by atoms with Gasteiger partial charge < -0.3 is 10.6 Å². The van der Waals surface area contributed by atoms with Crippen LogP contribution in [-0.2, 0) is 4.79 Å². The van der Waals surface area contributed by atoms with Crippen LogP contribution in [0.15, 0.2) is 47.6 Å². The van der Waals surface area contributed by atoms with E-state index < -0.39 is 0 Å². The van der Waals surface area contributed by atoms with E-state index in [0.717, 1.165) is 5.03 Å². The normalized spacial score (nSPS) is 10.2. The quantitative estimate of drug-likeness (QED) is 0.620. The molecule has 120 valence electrons. The lowest BCUT2D eigenvalue weighted by Crippen LogP contribution is -2.26. The Balaban J connectivity index is 1.88. The van der Waals surface area contributed by atoms with Crippen molar-refractivity contribution >= 4 is 40.9 Å². The van der Waals surface area contributed by atoms with Gasteiger partial charge in [-0.25, -0.2) is 4.98 Å². The highest BCUT2D eigenvalue weighted by molar-refractivity contribution is 7.99. The Bertz CT molecular complexity index is 695. The Hall–Kier alpha value is -2.05. The lowest BCUT2D eigenvalue weighted by Gasteiger charge is -2.09. The van der Waals surface area contributed by atoms with Crippen molar-refractivity contribution in [1.29, 1.82) is 0 Å². The lowest BCUT2D eigenvalue weighted by atomic mass is 10.2. The molecule has 0 fully saturated rings. The summed E-state index contributed by atoms with van der Waals surface area (Å²) in [5, 5.41) is 6.68. The number of amides is 2. The van der Waals surface area contributed by atoms with Crippen molar-refractivity contribution in [2.45, 2.75) is 11.9 Å². The van der Waals surface area contributed by atoms with Gasteiger partial charge >= 0.3 is 0 Å². The van der Waals surface area contributed by atoms with Crippen LogP contribution in [-0.4, -0.2) is 29.1 Å². The van der Waals surface area contributed by atoms with Gasteiger partial charge in [-0.15, -0.1) is 11.8 Å². The van der Waals surface area contributed by atoms with Crippen LogP contribution in [0.3, 0.4) is 0 Å². The van der Waals surface area contributed by atoms with Gasteiger partial charge in [0.25, 0.3) is 5.91 Å². The zero-order valence-electron chi connectivity index (χ0n) is 12.5. The Kier molecular flexibility index (Phi) is 6.43. The molecule has 1 heterocycles. The molecule has 0 saturated carbocycles. The maximum absolute atomic E-state index is 12.2. The van der Waals surface area contributed by atoms with Gasteiger partial charge in [0.2, 0.25) is 5.91 Å². The number of nitrogens with one attached hydrogen (secondary N) is 2. The first-order valence-electron chi connectivity index (χ1n) is 6.95. The first-order chi connectivity index (χ1) is 11.1. The Morgan fingerprint density at radius 3 is 2.78 bits per heavy atom. The van der Waals surface area contributed by atoms with Crippen LogP contribution in [0.5, 0.6) is 0 Å². The Morgan fingerprint density at radius 2 is 2.09 bits per heavy atom. The van der Waals surface area contributed by atoms with E-state index in [4.69, 9.17) is 11.6 Å². The number of aromatic nitrogens is 1. The third-order valence-electron chi connectivity index (χ3n) is 2.81. The number of halogens is 1. The molecule has 2 rings (SSSR count). The minimum absolute atomic E-state index is 0.203. The minimum Gasteiger partial charge on any atom is -0.351 e. The molecule has 5 nitrogen and oxygen atoms in total. The maximum atomic E-state index is 12.2. The molecule has 23 heavy (non-hydrogen) atoms. The molecule has 0 radical (unpaired) electrons. The van der Waals surface area contributed by atoms with Crippen LogP contribution in [0.2, 0.25) is 5.02 Å². The van der Waals surface area contributed by atoms with E-state index in [-0.39, 0.29) is 11.8 Å². The molecule has 0 atom stereocenters. The fourth-order valence-electron chi connectivity index (χ4n) is 1.83. The molecule has 0 aliphatic heterocycles. The molecule has 1 aromatic heterocycles. The fraction of sp³-hybridized carbons (Fsp3) is 0.188. The van der Waals surface area contributed by atoms with E-state index in [2.05, 4.69) is 15.6 Å². The van der Waals surface area contributed by atoms with Crippen molar-refractivity contribution in [3.8, 4) is 0 Å². The zero-order valence-corrected chi connectivity index (χ0v) is 14.1. The average molecular weight is 350 g/mol. The van der Waals surface area contributed by atoms with E-state index in [1.807, 2.05) is 18.2 Å². The van der Waals surface area contributed by atoms with Crippen molar-refractivity contribution in [2.24, 2.45) is 0 Å². The lowest BCUT2D eigenvalue weighted by molar-refractivity contribution is -0.114. The molecular formula is C16H16ClN3O2S. The van der Waals surface area contributed by atoms with Gasteiger partial charge in [0, 0.05) is 31.1 Å². The summed E-state index contributed by atoms with van der Waals surface area (Å²) < 4.78 is 0. The number of carbonyl (C=O) groups excluding carboxylic acids is 2. The standard InChI is InChI=1S/C16H16ClN3O2S/c1-11(21)20-12-5-6-14(17)13(10-12)16(22)19-8-9-23-15-4-2-3-7-18-15/h2-7,10H,8-9H2,1H3,(H,19,22)(H,20,21). The summed E-state index contributed by atoms with van der Waals surface area (Å²) in [5.74, 6) is 0.223. The molecule has 0 aliphatic rings. The van der Waals surface area contributed by atoms with Crippen molar-refractivity contribution < 1.29 is 9.59 Å². The summed E-state index contributed by atoms with van der Waals surface area (Å²) in [6, 6.07) is 10.5. The second-order valence-corrected chi connectivity index (χ2v) is 6.17. The van der Waals surface area contributed by atoms with Gasteiger partial charge in [0.05, 0.1) is 15.6 Å². The van der Waals surface area contributed by atoms with Crippen LogP contribution >= 0.6 is 23.4 Å². The number of carbonyl (C=O) groups is 2. The highest BCUT2D eigenvalue weighted by atomic mass is 35.5. The van der Waals surface area contributed by atoms with Gasteiger partial charge in [0.1, 0.15) is 0 Å². The number of hydrogen-bond acceptors (Lipinski definition) is 4. The third-order valence-corrected chi connectivity index (χ3v) is 4.08. The molecule has 2 amide bonds. The predicted molar refractivity (Wildman–Crippen MR) is 93.0 cm³/mol. The van der Waals surface area contributed by atoms with E-state index in [1.165, 1.54) is 6.92 Å². The highest BCUT2D eigenvalue weighted by Crippen LogP contribution is 2.20. The second kappa shape index (κ2) is 8.55. The Morgan fingerprint density at radius 1 is 1.26 bits per heavy atom. The predicted octanol–water partition coefficient (Wildman–Crippen LogP) is 3.22. The van der Waals surface area contributed by atoms with Crippen molar-refractivity contribution in [2.75, 3.05) is 17.6 Å². The van der Waals surface area contributed by atoms with Crippen LogP contribution in [0.4, 0.5) is 5.69 Å². The molecule has 0 spiro atoms. The summed E-state index contributed by atoms with van der Waals surface area (Å²) in [7, 11) is 0. The number of anilines is 1. The number of rotatable bonds is 6. The topological polar surface area (TPSA) is 71.1 Å². The van der Waals surface area contributed by atoms with Crippen LogP contribution in [0.25, 0.3) is 0 Å². The van der Waals surface area contributed by atoms with Gasteiger partial charge in [-0.05, 0) is 30.3 Å². The molecule has 1 aromatic carbocycles. The largest absolute Gasteiger partial charge is 0.351 e.